The van der Waals surface area contributed by atoms with Crippen molar-refractivity contribution in [3.8, 4) is 5.69 Å². The molecule has 0 N–H and O–H groups in total. The zero-order valence-corrected chi connectivity index (χ0v) is 15.9. The molecule has 11 heteroatoms. The minimum Gasteiger partial charge on any atom is -0.308 e. The first-order valence-corrected chi connectivity index (χ1v) is 9.55. The van der Waals surface area contributed by atoms with Crippen molar-refractivity contribution in [1.82, 2.24) is 14.8 Å². The maximum absolute atomic E-state index is 13.3. The summed E-state index contributed by atoms with van der Waals surface area (Å²) in [5.41, 5.74) is 0.683. The third kappa shape index (κ3) is 6.39. The molecule has 0 radical (unpaired) electrons. The van der Waals surface area contributed by atoms with Crippen LogP contribution < -0.4 is 4.90 Å². The Morgan fingerprint density at radius 3 is 2.70 bits per heavy atom. The molecule has 2 aromatic rings. The van der Waals surface area contributed by atoms with Crippen molar-refractivity contribution >= 4 is 35.0 Å². The minimum atomic E-state index is -4.19. The van der Waals surface area contributed by atoms with Gasteiger partial charge in [-0.05, 0) is 6.92 Å². The van der Waals surface area contributed by atoms with Crippen LogP contribution >= 0.6 is 23.4 Å². The molecule has 0 aromatic carbocycles. The van der Waals surface area contributed by atoms with E-state index in [0.29, 0.717) is 17.9 Å². The van der Waals surface area contributed by atoms with Gasteiger partial charge < -0.3 is 4.90 Å². The van der Waals surface area contributed by atoms with Gasteiger partial charge in [-0.2, -0.15) is 30.0 Å². The average molecular weight is 425 g/mol. The Morgan fingerprint density at radius 1 is 1.33 bits per heavy atom. The van der Waals surface area contributed by atoms with E-state index in [1.165, 1.54) is 28.0 Å². The maximum Gasteiger partial charge on any atom is 0.389 e. The van der Waals surface area contributed by atoms with Crippen LogP contribution in [0.2, 0.25) is 5.15 Å². The molecule has 0 fully saturated rings. The maximum atomic E-state index is 13.3. The number of amides is 1. The summed E-state index contributed by atoms with van der Waals surface area (Å²) in [7, 11) is 0. The minimum absolute atomic E-state index is 0.0548. The number of carbonyl (C=O) groups is 1. The van der Waals surface area contributed by atoms with Gasteiger partial charge in [-0.3, -0.25) is 9.78 Å². The molecule has 2 rings (SSSR count). The first kappa shape index (κ1) is 21.5. The Balaban J connectivity index is 2.01. The Labute approximate surface area is 162 Å². The van der Waals surface area contributed by atoms with Crippen LogP contribution in [0.1, 0.15) is 19.8 Å². The fraction of sp³-hybridized carbons (Fsp3) is 0.438. The van der Waals surface area contributed by atoms with Gasteiger partial charge in [-0.15, -0.1) is 0 Å². The molecular formula is C16H17ClF4N4OS. The molecule has 0 aliphatic rings. The van der Waals surface area contributed by atoms with Crippen LogP contribution in [-0.2, 0) is 4.79 Å². The molecule has 2 heterocycles. The number of alkyl halides is 3. The summed E-state index contributed by atoms with van der Waals surface area (Å²) in [6, 6.07) is 1.22. The summed E-state index contributed by atoms with van der Waals surface area (Å²) in [5, 5.41) is 4.12. The summed E-state index contributed by atoms with van der Waals surface area (Å²) in [6.07, 6.45) is -1.08. The molecule has 0 unspecified atom stereocenters. The summed E-state index contributed by atoms with van der Waals surface area (Å²) in [6.45, 7) is 2.05. The van der Waals surface area contributed by atoms with Crippen molar-refractivity contribution in [2.24, 2.45) is 0 Å². The molecule has 5 nitrogen and oxygen atoms in total. The van der Waals surface area contributed by atoms with E-state index in [4.69, 9.17) is 11.6 Å². The van der Waals surface area contributed by atoms with Crippen molar-refractivity contribution in [1.29, 1.82) is 0 Å². The molecule has 2 aromatic heterocycles. The average Bonchev–Trinajstić information content (AvgIpc) is 2.96. The van der Waals surface area contributed by atoms with Gasteiger partial charge in [0, 0.05) is 30.5 Å². The highest BCUT2D eigenvalue weighted by atomic mass is 35.5. The lowest BCUT2D eigenvalue weighted by Gasteiger charge is -2.19. The fourth-order valence-corrected chi connectivity index (χ4v) is 3.38. The van der Waals surface area contributed by atoms with Crippen LogP contribution in [0.25, 0.3) is 5.69 Å². The van der Waals surface area contributed by atoms with Gasteiger partial charge >= 0.3 is 6.18 Å². The number of anilines is 1. The molecule has 0 aliphatic carbocycles. The van der Waals surface area contributed by atoms with Gasteiger partial charge in [0.05, 0.1) is 30.7 Å². The molecule has 1 amide bonds. The second kappa shape index (κ2) is 9.41. The van der Waals surface area contributed by atoms with Gasteiger partial charge in [0.25, 0.3) is 0 Å². The van der Waals surface area contributed by atoms with E-state index in [9.17, 15) is 22.4 Å². The molecule has 0 spiro atoms. The van der Waals surface area contributed by atoms with Gasteiger partial charge in [0.2, 0.25) is 5.91 Å². The molecule has 148 valence electrons. The smallest absolute Gasteiger partial charge is 0.308 e. The molecular weight excluding hydrogens is 408 g/mol. The molecule has 0 atom stereocenters. The van der Waals surface area contributed by atoms with E-state index in [2.05, 4.69) is 10.1 Å². The summed E-state index contributed by atoms with van der Waals surface area (Å²) < 4.78 is 51.0. The zero-order chi connectivity index (χ0) is 20.0. The van der Waals surface area contributed by atoms with E-state index in [0.717, 1.165) is 18.0 Å². The number of pyridine rings is 1. The highest BCUT2D eigenvalue weighted by Gasteiger charge is 2.26. The SMILES string of the molecule is CCN(C(=O)CCSCCC(F)(F)F)c1cn(-c2cncc(F)c2)nc1Cl. The standard InChI is InChI=1S/C16H17ClF4N4OS/c1-2-24(14(26)3-5-27-6-4-16(19,20)21)13-10-25(23-15(13)17)12-7-11(18)8-22-9-12/h7-10H,2-6H2,1H3. The molecule has 0 bridgehead atoms. The lowest BCUT2D eigenvalue weighted by molar-refractivity contribution is -0.129. The normalized spacial score (nSPS) is 11.6. The Morgan fingerprint density at radius 2 is 2.07 bits per heavy atom. The van der Waals surface area contributed by atoms with E-state index in [-0.39, 0.29) is 29.0 Å². The van der Waals surface area contributed by atoms with Crippen LogP contribution in [0.4, 0.5) is 23.2 Å². The lowest BCUT2D eigenvalue weighted by Crippen LogP contribution is -2.30. The largest absolute Gasteiger partial charge is 0.389 e. The molecule has 0 saturated heterocycles. The second-order valence-electron chi connectivity index (χ2n) is 5.48. The van der Waals surface area contributed by atoms with Gasteiger partial charge in [-0.25, -0.2) is 9.07 Å². The summed E-state index contributed by atoms with van der Waals surface area (Å²) in [5.74, 6) is -0.644. The van der Waals surface area contributed by atoms with E-state index < -0.39 is 18.4 Å². The number of rotatable bonds is 8. The van der Waals surface area contributed by atoms with Crippen molar-refractivity contribution in [2.75, 3.05) is 23.0 Å². The van der Waals surface area contributed by atoms with Gasteiger partial charge in [0.1, 0.15) is 11.5 Å². The number of thioether (sulfide) groups is 1. The number of hydrogen-bond donors (Lipinski definition) is 0. The Bertz CT molecular complexity index is 784. The Kier molecular flexibility index (Phi) is 7.49. The monoisotopic (exact) mass is 424 g/mol. The van der Waals surface area contributed by atoms with Crippen LogP contribution in [0.15, 0.2) is 24.7 Å². The predicted molar refractivity (Wildman–Crippen MR) is 97.0 cm³/mol. The van der Waals surface area contributed by atoms with E-state index in [1.807, 2.05) is 0 Å². The first-order chi connectivity index (χ1) is 12.7. The molecule has 0 aliphatic heterocycles. The number of carbonyl (C=O) groups excluding carboxylic acids is 1. The Hall–Kier alpha value is -1.81. The van der Waals surface area contributed by atoms with E-state index >= 15 is 0 Å². The third-order valence-corrected chi connectivity index (χ3v) is 4.76. The summed E-state index contributed by atoms with van der Waals surface area (Å²) in [4.78, 5) is 17.5. The number of halogens is 5. The van der Waals surface area contributed by atoms with Crippen molar-refractivity contribution in [2.45, 2.75) is 25.9 Å². The van der Waals surface area contributed by atoms with Crippen molar-refractivity contribution in [3.05, 3.63) is 35.6 Å². The first-order valence-electron chi connectivity index (χ1n) is 8.02. The highest BCUT2D eigenvalue weighted by Crippen LogP contribution is 2.27. The van der Waals surface area contributed by atoms with Crippen molar-refractivity contribution < 1.29 is 22.4 Å². The van der Waals surface area contributed by atoms with Crippen LogP contribution in [0.3, 0.4) is 0 Å². The quantitative estimate of drug-likeness (QED) is 0.463. The van der Waals surface area contributed by atoms with Crippen molar-refractivity contribution in [3.63, 3.8) is 0 Å². The summed E-state index contributed by atoms with van der Waals surface area (Å²) >= 11 is 7.18. The topological polar surface area (TPSA) is 51.0 Å². The second-order valence-corrected chi connectivity index (χ2v) is 7.06. The molecule has 27 heavy (non-hydrogen) atoms. The van der Waals surface area contributed by atoms with Crippen LogP contribution in [0.5, 0.6) is 0 Å². The molecule has 0 saturated carbocycles. The number of hydrogen-bond acceptors (Lipinski definition) is 4. The lowest BCUT2D eigenvalue weighted by atomic mass is 10.3. The fourth-order valence-electron chi connectivity index (χ4n) is 2.25. The van der Waals surface area contributed by atoms with Crippen LogP contribution in [-0.4, -0.2) is 44.9 Å². The number of nitrogens with zero attached hydrogens (tertiary/aromatic N) is 4. The third-order valence-electron chi connectivity index (χ3n) is 3.50. The van der Waals surface area contributed by atoms with E-state index in [1.54, 1.807) is 6.92 Å². The van der Waals surface area contributed by atoms with Gasteiger partial charge in [-0.1, -0.05) is 11.6 Å². The van der Waals surface area contributed by atoms with Gasteiger partial charge in [0.15, 0.2) is 5.15 Å². The predicted octanol–water partition coefficient (Wildman–Crippen LogP) is 4.49. The van der Waals surface area contributed by atoms with Crippen LogP contribution in [0, 0.1) is 5.82 Å². The number of aromatic nitrogens is 3. The highest BCUT2D eigenvalue weighted by molar-refractivity contribution is 7.99. The zero-order valence-electron chi connectivity index (χ0n) is 14.3.